The Kier molecular flexibility index (Phi) is 7.19. The van der Waals surface area contributed by atoms with E-state index < -0.39 is 0 Å². The van der Waals surface area contributed by atoms with Gasteiger partial charge >= 0.3 is 0 Å². The van der Waals surface area contributed by atoms with Gasteiger partial charge in [0.2, 0.25) is 0 Å². The molecule has 2 rings (SSSR count). The molecule has 1 aliphatic rings. The van der Waals surface area contributed by atoms with Gasteiger partial charge in [-0.25, -0.2) is 0 Å². The van der Waals surface area contributed by atoms with Crippen LogP contribution in [0.2, 0.25) is 11.1 Å². The van der Waals surface area contributed by atoms with E-state index in [-0.39, 0.29) is 7.02 Å². The van der Waals surface area contributed by atoms with Crippen molar-refractivity contribution in [2.24, 2.45) is 0 Å². The highest BCUT2D eigenvalue weighted by molar-refractivity contribution is 14.1. The normalized spacial score (nSPS) is 24.1. The monoisotopic (exact) mass is 408 g/mol. The minimum atomic E-state index is 0.198. The summed E-state index contributed by atoms with van der Waals surface area (Å²) in [5, 5.41) is 0.833. The van der Waals surface area contributed by atoms with Crippen molar-refractivity contribution < 1.29 is 4.74 Å². The van der Waals surface area contributed by atoms with Gasteiger partial charge in [0.05, 0.1) is 13.1 Å². The number of ether oxygens (including phenoxy) is 1. The van der Waals surface area contributed by atoms with E-state index in [2.05, 4.69) is 33.9 Å². The summed E-state index contributed by atoms with van der Waals surface area (Å²) in [5.74, 6) is 0.707. The predicted octanol–water partition coefficient (Wildman–Crippen LogP) is 4.71. The number of benzene rings is 1. The van der Waals surface area contributed by atoms with Crippen LogP contribution in [0, 0.1) is 0 Å². The lowest BCUT2D eigenvalue weighted by molar-refractivity contribution is 0.0252. The molecule has 4 heteroatoms. The van der Waals surface area contributed by atoms with E-state index in [1.54, 1.807) is 0 Å². The summed E-state index contributed by atoms with van der Waals surface area (Å²) in [6.45, 7) is 0.978. The fourth-order valence-electron chi connectivity index (χ4n) is 2.74. The van der Waals surface area contributed by atoms with Crippen molar-refractivity contribution in [2.75, 3.05) is 6.61 Å². The largest absolute Gasteiger partial charge is 0.378 e. The third-order valence-electron chi connectivity index (χ3n) is 3.90. The molecular weight excluding hydrogens is 387 g/mol. The maximum absolute atomic E-state index is 5.99. The average molecular weight is 409 g/mol. The van der Waals surface area contributed by atoms with Crippen molar-refractivity contribution in [1.82, 2.24) is 0 Å². The van der Waals surface area contributed by atoms with Crippen molar-refractivity contribution in [3.8, 4) is 0 Å². The smallest absolute Gasteiger partial charge is 0.0938 e. The summed E-state index contributed by atoms with van der Waals surface area (Å²) in [4.78, 5) is 0. The van der Waals surface area contributed by atoms with Crippen LogP contribution in [0.25, 0.3) is 0 Å². The standard InChI is InChI=1S/C15H22ClIOSi/c16-14-6-2-12(3-7-14)13-4-8-15(9-5-13)18-10-1-11-19-17/h2-3,6-7,13,15H,1,4-5,8-11,19H2/t13-,15-. The maximum Gasteiger partial charge on any atom is 0.0938 e. The molecule has 0 bridgehead atoms. The van der Waals surface area contributed by atoms with Crippen molar-refractivity contribution in [3.05, 3.63) is 34.9 Å². The van der Waals surface area contributed by atoms with Crippen LogP contribution in [-0.2, 0) is 4.74 Å². The molecule has 0 spiro atoms. The molecule has 0 saturated heterocycles. The Labute approximate surface area is 136 Å². The molecule has 19 heavy (non-hydrogen) atoms. The van der Waals surface area contributed by atoms with Gasteiger partial charge < -0.3 is 4.74 Å². The first-order chi connectivity index (χ1) is 9.29. The second kappa shape index (κ2) is 8.65. The highest BCUT2D eigenvalue weighted by Crippen LogP contribution is 2.34. The van der Waals surface area contributed by atoms with Gasteiger partial charge in [-0.2, -0.15) is 0 Å². The van der Waals surface area contributed by atoms with E-state index in [0.717, 1.165) is 11.6 Å². The Morgan fingerprint density at radius 2 is 1.84 bits per heavy atom. The lowest BCUT2D eigenvalue weighted by Crippen LogP contribution is -2.21. The molecule has 0 aliphatic heterocycles. The van der Waals surface area contributed by atoms with Gasteiger partial charge in [0.25, 0.3) is 0 Å². The maximum atomic E-state index is 5.99. The molecule has 1 nitrogen and oxygen atoms in total. The average Bonchev–Trinajstić information content (AvgIpc) is 2.45. The lowest BCUT2D eigenvalue weighted by Gasteiger charge is -2.29. The van der Waals surface area contributed by atoms with Crippen LogP contribution in [0.4, 0.5) is 0 Å². The zero-order chi connectivity index (χ0) is 13.5. The fourth-order valence-corrected chi connectivity index (χ4v) is 4.88. The third-order valence-corrected chi connectivity index (χ3v) is 7.20. The number of hydrogen-bond acceptors (Lipinski definition) is 1. The minimum Gasteiger partial charge on any atom is -0.378 e. The van der Waals surface area contributed by atoms with Gasteiger partial charge in [0.15, 0.2) is 0 Å². The molecule has 1 aromatic carbocycles. The molecule has 0 unspecified atom stereocenters. The van der Waals surface area contributed by atoms with Gasteiger partial charge in [-0.05, 0) is 55.7 Å². The third kappa shape index (κ3) is 5.36. The van der Waals surface area contributed by atoms with E-state index in [1.165, 1.54) is 43.7 Å². The molecule has 0 heterocycles. The molecular formula is C15H22ClIOSi. The summed E-state index contributed by atoms with van der Waals surface area (Å²) < 4.78 is 5.99. The van der Waals surface area contributed by atoms with E-state index in [4.69, 9.17) is 16.3 Å². The number of hydrogen-bond donors (Lipinski definition) is 0. The van der Waals surface area contributed by atoms with Crippen LogP contribution in [0.1, 0.15) is 43.6 Å². The van der Waals surface area contributed by atoms with Gasteiger partial charge in [-0.1, -0.05) is 29.8 Å². The Bertz CT molecular complexity index is 363. The van der Waals surface area contributed by atoms with Crippen LogP contribution >= 0.6 is 33.4 Å². The van der Waals surface area contributed by atoms with Crippen LogP contribution in [0.15, 0.2) is 24.3 Å². The Balaban J connectivity index is 1.71. The van der Waals surface area contributed by atoms with Crippen molar-refractivity contribution in [2.45, 2.75) is 50.2 Å². The number of rotatable bonds is 6. The molecule has 106 valence electrons. The van der Waals surface area contributed by atoms with E-state index in [9.17, 15) is 0 Å². The summed E-state index contributed by atoms with van der Waals surface area (Å²) in [6, 6.07) is 9.79. The van der Waals surface area contributed by atoms with Crippen LogP contribution in [0.5, 0.6) is 0 Å². The van der Waals surface area contributed by atoms with E-state index >= 15 is 0 Å². The topological polar surface area (TPSA) is 9.23 Å². The molecule has 1 fully saturated rings. The second-order valence-corrected chi connectivity index (χ2v) is 10.0. The van der Waals surface area contributed by atoms with Gasteiger partial charge in [-0.15, -0.1) is 21.8 Å². The fraction of sp³-hybridized carbons (Fsp3) is 0.600. The van der Waals surface area contributed by atoms with Gasteiger partial charge in [-0.3, -0.25) is 0 Å². The predicted molar refractivity (Wildman–Crippen MR) is 94.4 cm³/mol. The Hall–Kier alpha value is 0.417. The van der Waals surface area contributed by atoms with Gasteiger partial charge in [0.1, 0.15) is 0 Å². The summed E-state index contributed by atoms with van der Waals surface area (Å²) in [6.07, 6.45) is 6.73. The van der Waals surface area contributed by atoms with Gasteiger partial charge in [0, 0.05) is 11.6 Å². The first-order valence-electron chi connectivity index (χ1n) is 7.22. The number of halogens is 2. The van der Waals surface area contributed by atoms with Crippen LogP contribution in [0.3, 0.4) is 0 Å². The summed E-state index contributed by atoms with van der Waals surface area (Å²) in [5.41, 5.74) is 1.44. The minimum absolute atomic E-state index is 0.198. The highest BCUT2D eigenvalue weighted by atomic mass is 127. The molecule has 1 saturated carbocycles. The molecule has 0 amide bonds. The second-order valence-electron chi connectivity index (χ2n) is 5.29. The van der Waals surface area contributed by atoms with E-state index in [0.29, 0.717) is 12.0 Å². The molecule has 0 aromatic heterocycles. The summed E-state index contributed by atoms with van der Waals surface area (Å²) in [7, 11) is 0.198. The highest BCUT2D eigenvalue weighted by Gasteiger charge is 2.22. The SMILES string of the molecule is Clc1ccc([C@H]2CC[C@H](OCCC[SiH2]I)CC2)cc1. The molecule has 1 aromatic rings. The first kappa shape index (κ1) is 15.8. The van der Waals surface area contributed by atoms with Crippen LogP contribution in [-0.4, -0.2) is 19.7 Å². The van der Waals surface area contributed by atoms with Crippen LogP contribution < -0.4 is 0 Å². The zero-order valence-corrected chi connectivity index (χ0v) is 15.6. The Morgan fingerprint density at radius 3 is 2.47 bits per heavy atom. The van der Waals surface area contributed by atoms with Crippen molar-refractivity contribution >= 4 is 40.4 Å². The first-order valence-corrected chi connectivity index (χ1v) is 13.7. The van der Waals surface area contributed by atoms with Crippen molar-refractivity contribution in [3.63, 3.8) is 0 Å². The molecule has 0 radical (unpaired) electrons. The molecule has 1 aliphatic carbocycles. The quantitative estimate of drug-likeness (QED) is 0.287. The molecule has 0 atom stereocenters. The van der Waals surface area contributed by atoms with E-state index in [1.807, 2.05) is 12.1 Å². The van der Waals surface area contributed by atoms with Crippen molar-refractivity contribution in [1.29, 1.82) is 0 Å². The summed E-state index contributed by atoms with van der Waals surface area (Å²) >= 11 is 8.51. The lowest BCUT2D eigenvalue weighted by atomic mass is 9.83. The Morgan fingerprint density at radius 1 is 1.16 bits per heavy atom. The molecule has 0 N–H and O–H groups in total. The zero-order valence-electron chi connectivity index (χ0n) is 11.3.